The number of hydrogen-bond acceptors (Lipinski definition) is 3. The quantitative estimate of drug-likeness (QED) is 0.538. The molecule has 0 aromatic rings. The predicted octanol–water partition coefficient (Wildman–Crippen LogP) is -0.848. The second-order valence-corrected chi connectivity index (χ2v) is 2.17. The predicted molar refractivity (Wildman–Crippen MR) is 41.9 cm³/mol. The molecule has 0 spiro atoms. The number of amides is 2. The third-order valence-electron chi connectivity index (χ3n) is 1.09. The summed E-state index contributed by atoms with van der Waals surface area (Å²) in [6.45, 7) is 1.71. The van der Waals surface area contributed by atoms with Gasteiger partial charge in [-0.05, 0) is 0 Å². The highest BCUT2D eigenvalue weighted by atomic mass is 16.2. The van der Waals surface area contributed by atoms with Gasteiger partial charge in [-0.15, -0.1) is 0 Å². The van der Waals surface area contributed by atoms with Crippen LogP contribution in [0, 0.1) is 11.3 Å². The topological polar surface area (TPSA) is 82.0 Å². The molecule has 12 heavy (non-hydrogen) atoms. The number of rotatable bonds is 4. The lowest BCUT2D eigenvalue weighted by Crippen LogP contribution is -2.29. The molecule has 2 N–H and O–H groups in total. The van der Waals surface area contributed by atoms with Crippen LogP contribution in [0.25, 0.3) is 0 Å². The van der Waals surface area contributed by atoms with Crippen LogP contribution in [0.3, 0.4) is 0 Å². The van der Waals surface area contributed by atoms with Crippen molar-refractivity contribution in [3.63, 3.8) is 0 Å². The van der Waals surface area contributed by atoms with Gasteiger partial charge in [-0.3, -0.25) is 9.59 Å². The van der Waals surface area contributed by atoms with E-state index < -0.39 is 0 Å². The summed E-state index contributed by atoms with van der Waals surface area (Å²) in [6.07, 6.45) is 0.210. The van der Waals surface area contributed by atoms with Gasteiger partial charge in [-0.1, -0.05) is 0 Å². The summed E-state index contributed by atoms with van der Waals surface area (Å²) in [5, 5.41) is 12.9. The molecule has 0 saturated carbocycles. The van der Waals surface area contributed by atoms with Gasteiger partial charge in [-0.2, -0.15) is 5.26 Å². The van der Waals surface area contributed by atoms with E-state index in [1.807, 2.05) is 0 Å². The van der Waals surface area contributed by atoms with Crippen molar-refractivity contribution in [2.45, 2.75) is 13.3 Å². The fraction of sp³-hybridized carbons (Fsp3) is 0.571. The van der Waals surface area contributed by atoms with Gasteiger partial charge in [0.05, 0.1) is 6.07 Å². The van der Waals surface area contributed by atoms with Gasteiger partial charge in [0.2, 0.25) is 11.8 Å². The Morgan fingerprint density at radius 3 is 2.58 bits per heavy atom. The van der Waals surface area contributed by atoms with Crippen molar-refractivity contribution in [2.75, 3.05) is 13.1 Å². The van der Waals surface area contributed by atoms with Crippen LogP contribution in [-0.4, -0.2) is 24.9 Å². The van der Waals surface area contributed by atoms with Crippen LogP contribution in [0.4, 0.5) is 0 Å². The van der Waals surface area contributed by atoms with E-state index in [1.165, 1.54) is 6.92 Å². The molecule has 0 rings (SSSR count). The molecule has 5 heteroatoms. The fourth-order valence-electron chi connectivity index (χ4n) is 0.579. The molecule has 2 amide bonds. The first-order valence-electron chi connectivity index (χ1n) is 3.55. The maximum Gasteiger partial charge on any atom is 0.222 e. The number of hydrogen-bond donors (Lipinski definition) is 2. The molecule has 66 valence electrons. The first-order valence-corrected chi connectivity index (χ1v) is 3.55. The van der Waals surface area contributed by atoms with E-state index in [-0.39, 0.29) is 24.8 Å². The van der Waals surface area contributed by atoms with Gasteiger partial charge in [-0.25, -0.2) is 0 Å². The summed E-state index contributed by atoms with van der Waals surface area (Å²) in [7, 11) is 0. The smallest absolute Gasteiger partial charge is 0.222 e. The highest BCUT2D eigenvalue weighted by Gasteiger charge is 1.99. The van der Waals surface area contributed by atoms with E-state index in [1.54, 1.807) is 6.07 Å². The van der Waals surface area contributed by atoms with E-state index in [0.717, 1.165) is 0 Å². The Balaban J connectivity index is 3.33. The van der Waals surface area contributed by atoms with Gasteiger partial charge < -0.3 is 10.6 Å². The number of carbonyl (C=O) groups is 2. The highest BCUT2D eigenvalue weighted by molar-refractivity contribution is 5.77. The molecule has 0 bridgehead atoms. The third-order valence-corrected chi connectivity index (χ3v) is 1.09. The second kappa shape index (κ2) is 6.16. The zero-order chi connectivity index (χ0) is 9.40. The van der Waals surface area contributed by atoms with E-state index >= 15 is 0 Å². The molecule has 0 heterocycles. The van der Waals surface area contributed by atoms with Crippen LogP contribution in [-0.2, 0) is 9.59 Å². The number of nitrogens with zero attached hydrogens (tertiary/aromatic N) is 1. The van der Waals surface area contributed by atoms with E-state index in [4.69, 9.17) is 5.26 Å². The summed E-state index contributed by atoms with van der Waals surface area (Å²) >= 11 is 0. The van der Waals surface area contributed by atoms with Crippen LogP contribution in [0.5, 0.6) is 0 Å². The Kier molecular flexibility index (Phi) is 5.35. The fourth-order valence-corrected chi connectivity index (χ4v) is 0.579. The Bertz CT molecular complexity index is 207. The molecule has 0 fully saturated rings. The molecule has 5 nitrogen and oxygen atoms in total. The summed E-state index contributed by atoms with van der Waals surface area (Å²) in [6, 6.07) is 1.78. The van der Waals surface area contributed by atoms with E-state index in [0.29, 0.717) is 6.54 Å². The number of nitriles is 1. The van der Waals surface area contributed by atoms with Gasteiger partial charge >= 0.3 is 0 Å². The first kappa shape index (κ1) is 10.4. The van der Waals surface area contributed by atoms with Crippen molar-refractivity contribution >= 4 is 11.8 Å². The van der Waals surface area contributed by atoms with Crippen LogP contribution < -0.4 is 10.6 Å². The molecule has 0 saturated heterocycles. The zero-order valence-electron chi connectivity index (χ0n) is 6.89. The summed E-state index contributed by atoms with van der Waals surface area (Å²) < 4.78 is 0. The van der Waals surface area contributed by atoms with Crippen molar-refractivity contribution in [3.05, 3.63) is 0 Å². The molecular formula is C7H11N3O2. The Morgan fingerprint density at radius 2 is 2.08 bits per heavy atom. The standard InChI is InChI=1S/C7H11N3O2/c1-6(11)9-4-2-7(12)10-5-3-8/h2,4-5H2,1H3,(H,9,11)(H,10,12). The lowest BCUT2D eigenvalue weighted by molar-refractivity contribution is -0.121. The van der Waals surface area contributed by atoms with Crippen LogP contribution in [0.2, 0.25) is 0 Å². The van der Waals surface area contributed by atoms with E-state index in [2.05, 4.69) is 10.6 Å². The van der Waals surface area contributed by atoms with Crippen molar-refractivity contribution in [1.82, 2.24) is 10.6 Å². The van der Waals surface area contributed by atoms with Gasteiger partial charge in [0.1, 0.15) is 6.54 Å². The maximum atomic E-state index is 10.8. The molecule has 0 aromatic heterocycles. The van der Waals surface area contributed by atoms with Crippen LogP contribution >= 0.6 is 0 Å². The van der Waals surface area contributed by atoms with Crippen LogP contribution in [0.15, 0.2) is 0 Å². The summed E-state index contributed by atoms with van der Waals surface area (Å²) in [4.78, 5) is 21.1. The molecule has 0 unspecified atom stereocenters. The Labute approximate surface area is 70.7 Å². The van der Waals surface area contributed by atoms with Crippen molar-refractivity contribution < 1.29 is 9.59 Å². The maximum absolute atomic E-state index is 10.8. The van der Waals surface area contributed by atoms with Gasteiger partial charge in [0.25, 0.3) is 0 Å². The second-order valence-electron chi connectivity index (χ2n) is 2.17. The van der Waals surface area contributed by atoms with Gasteiger partial charge in [0.15, 0.2) is 0 Å². The first-order chi connectivity index (χ1) is 5.66. The lowest BCUT2D eigenvalue weighted by atomic mass is 10.4. The SMILES string of the molecule is CC(=O)NCCC(=O)NCC#N. The van der Waals surface area contributed by atoms with Crippen LogP contribution in [0.1, 0.15) is 13.3 Å². The molecule has 0 atom stereocenters. The minimum absolute atomic E-state index is 0.0128. The minimum Gasteiger partial charge on any atom is -0.356 e. The zero-order valence-corrected chi connectivity index (χ0v) is 6.89. The normalized spacial score (nSPS) is 8.33. The molecule has 0 aliphatic rings. The molecule has 0 radical (unpaired) electrons. The lowest BCUT2D eigenvalue weighted by Gasteiger charge is -2.00. The Hall–Kier alpha value is -1.57. The average molecular weight is 169 g/mol. The largest absolute Gasteiger partial charge is 0.356 e. The number of nitrogens with one attached hydrogen (secondary N) is 2. The molecular weight excluding hydrogens is 158 g/mol. The van der Waals surface area contributed by atoms with Crippen molar-refractivity contribution in [3.8, 4) is 6.07 Å². The average Bonchev–Trinajstić information content (AvgIpc) is 2.00. The summed E-state index contributed by atoms with van der Waals surface area (Å²) in [5.41, 5.74) is 0. The van der Waals surface area contributed by atoms with Gasteiger partial charge in [0, 0.05) is 19.9 Å². The Morgan fingerprint density at radius 1 is 1.42 bits per heavy atom. The molecule has 0 aliphatic carbocycles. The monoisotopic (exact) mass is 169 g/mol. The van der Waals surface area contributed by atoms with Crippen molar-refractivity contribution in [2.24, 2.45) is 0 Å². The molecule has 0 aliphatic heterocycles. The number of carbonyl (C=O) groups excluding carboxylic acids is 2. The highest BCUT2D eigenvalue weighted by Crippen LogP contribution is 1.76. The third kappa shape index (κ3) is 6.55. The van der Waals surface area contributed by atoms with Crippen molar-refractivity contribution in [1.29, 1.82) is 5.26 Å². The van der Waals surface area contributed by atoms with E-state index in [9.17, 15) is 9.59 Å². The summed E-state index contributed by atoms with van der Waals surface area (Å²) in [5.74, 6) is -0.395. The molecule has 0 aromatic carbocycles. The minimum atomic E-state index is -0.231.